The fraction of sp³-hybridized carbons (Fsp3) is 0.111. The molecule has 0 atom stereocenters. The molecule has 0 radical (unpaired) electrons. The van der Waals surface area contributed by atoms with Gasteiger partial charge in [-0.05, 0) is 57.3 Å². The van der Waals surface area contributed by atoms with Gasteiger partial charge in [-0.15, -0.1) is 0 Å². The SMILES string of the molecule is CC(=O)Oc1ccc(I)c(C(=O)O)c1I. The summed E-state index contributed by atoms with van der Waals surface area (Å²) < 4.78 is 5.92. The van der Waals surface area contributed by atoms with Crippen LogP contribution in [-0.4, -0.2) is 17.0 Å². The number of hydrogen-bond donors (Lipinski definition) is 1. The lowest BCUT2D eigenvalue weighted by atomic mass is 10.2. The molecule has 15 heavy (non-hydrogen) atoms. The molecule has 0 amide bonds. The lowest BCUT2D eigenvalue weighted by Crippen LogP contribution is -2.08. The Morgan fingerprint density at radius 1 is 1.33 bits per heavy atom. The first-order valence-corrected chi connectivity index (χ1v) is 5.99. The molecule has 80 valence electrons. The number of carbonyl (C=O) groups is 2. The zero-order valence-corrected chi connectivity index (χ0v) is 11.9. The maximum atomic E-state index is 10.9. The molecule has 1 rings (SSSR count). The standard InChI is InChI=1S/C9H6I2O4/c1-4(12)15-6-3-2-5(10)7(8(6)11)9(13)14/h2-3H,1H3,(H,13,14). The lowest BCUT2D eigenvalue weighted by molar-refractivity contribution is -0.131. The quantitative estimate of drug-likeness (QED) is 0.444. The van der Waals surface area contributed by atoms with Crippen molar-refractivity contribution in [3.8, 4) is 5.75 Å². The van der Waals surface area contributed by atoms with Crippen LogP contribution < -0.4 is 4.74 Å². The molecule has 0 unspecified atom stereocenters. The van der Waals surface area contributed by atoms with E-state index < -0.39 is 11.9 Å². The normalized spacial score (nSPS) is 9.80. The Hall–Kier alpha value is -0.380. The minimum absolute atomic E-state index is 0.162. The van der Waals surface area contributed by atoms with Gasteiger partial charge >= 0.3 is 11.9 Å². The molecule has 1 N–H and O–H groups in total. The van der Waals surface area contributed by atoms with Crippen LogP contribution in [0.25, 0.3) is 0 Å². The van der Waals surface area contributed by atoms with Crippen molar-refractivity contribution in [3.63, 3.8) is 0 Å². The molecule has 0 aliphatic rings. The molecule has 0 spiro atoms. The van der Waals surface area contributed by atoms with Crippen molar-refractivity contribution in [2.24, 2.45) is 0 Å². The molecule has 0 aromatic heterocycles. The fourth-order valence-corrected chi connectivity index (χ4v) is 2.97. The smallest absolute Gasteiger partial charge is 0.337 e. The van der Waals surface area contributed by atoms with Crippen LogP contribution in [-0.2, 0) is 4.79 Å². The summed E-state index contributed by atoms with van der Waals surface area (Å²) in [5, 5.41) is 8.95. The summed E-state index contributed by atoms with van der Waals surface area (Å²) in [5.74, 6) is -1.22. The van der Waals surface area contributed by atoms with Gasteiger partial charge in [0, 0.05) is 10.5 Å². The largest absolute Gasteiger partial charge is 0.478 e. The van der Waals surface area contributed by atoms with Gasteiger partial charge in [-0.2, -0.15) is 0 Å². The number of carboxylic acid groups (broad SMARTS) is 1. The first-order chi connectivity index (χ1) is 6.93. The third-order valence-corrected chi connectivity index (χ3v) is 3.49. The predicted molar refractivity (Wildman–Crippen MR) is 70.1 cm³/mol. The summed E-state index contributed by atoms with van der Waals surface area (Å²) in [6.07, 6.45) is 0. The van der Waals surface area contributed by atoms with E-state index in [9.17, 15) is 9.59 Å². The number of rotatable bonds is 2. The molecule has 4 nitrogen and oxygen atoms in total. The molecule has 0 aliphatic carbocycles. The number of esters is 1. The van der Waals surface area contributed by atoms with E-state index in [1.165, 1.54) is 6.92 Å². The Bertz CT molecular complexity index is 428. The van der Waals surface area contributed by atoms with Gasteiger partial charge in [-0.1, -0.05) is 0 Å². The maximum Gasteiger partial charge on any atom is 0.337 e. The monoisotopic (exact) mass is 432 g/mol. The van der Waals surface area contributed by atoms with E-state index in [-0.39, 0.29) is 11.3 Å². The Morgan fingerprint density at radius 3 is 2.40 bits per heavy atom. The van der Waals surface area contributed by atoms with E-state index in [0.29, 0.717) is 7.14 Å². The van der Waals surface area contributed by atoms with Gasteiger partial charge in [-0.25, -0.2) is 4.79 Å². The highest BCUT2D eigenvalue weighted by Gasteiger charge is 2.17. The third-order valence-electron chi connectivity index (χ3n) is 1.52. The molecule has 0 saturated carbocycles. The van der Waals surface area contributed by atoms with Crippen LogP contribution in [0.4, 0.5) is 0 Å². The average Bonchev–Trinajstić information content (AvgIpc) is 2.09. The predicted octanol–water partition coefficient (Wildman–Crippen LogP) is 2.52. The Morgan fingerprint density at radius 2 is 1.93 bits per heavy atom. The molecule has 6 heteroatoms. The second-order valence-electron chi connectivity index (χ2n) is 2.63. The molecular weight excluding hydrogens is 426 g/mol. The summed E-state index contributed by atoms with van der Waals surface area (Å²) in [7, 11) is 0. The zero-order chi connectivity index (χ0) is 11.6. The average molecular weight is 432 g/mol. The Balaban J connectivity index is 3.28. The van der Waals surface area contributed by atoms with Crippen LogP contribution >= 0.6 is 45.2 Å². The van der Waals surface area contributed by atoms with Gasteiger partial charge in [0.1, 0.15) is 5.75 Å². The van der Waals surface area contributed by atoms with E-state index in [4.69, 9.17) is 9.84 Å². The van der Waals surface area contributed by atoms with E-state index in [1.54, 1.807) is 12.1 Å². The van der Waals surface area contributed by atoms with Gasteiger partial charge in [0.15, 0.2) is 0 Å². The summed E-state index contributed by atoms with van der Waals surface area (Å²) in [6.45, 7) is 1.27. The Labute approximate surface area is 113 Å². The topological polar surface area (TPSA) is 63.6 Å². The number of hydrogen-bond acceptors (Lipinski definition) is 3. The molecule has 1 aromatic rings. The van der Waals surface area contributed by atoms with Crippen LogP contribution in [0.1, 0.15) is 17.3 Å². The highest BCUT2D eigenvalue weighted by atomic mass is 127. The number of ether oxygens (including phenoxy) is 1. The first kappa shape index (κ1) is 12.7. The fourth-order valence-electron chi connectivity index (χ4n) is 0.963. The van der Waals surface area contributed by atoms with E-state index >= 15 is 0 Å². The molecule has 0 bridgehead atoms. The van der Waals surface area contributed by atoms with Crippen molar-refractivity contribution in [1.29, 1.82) is 0 Å². The molecule has 1 aromatic carbocycles. The second kappa shape index (κ2) is 5.10. The van der Waals surface area contributed by atoms with Crippen LogP contribution in [0.3, 0.4) is 0 Å². The van der Waals surface area contributed by atoms with Crippen LogP contribution in [0.15, 0.2) is 12.1 Å². The molecule has 0 aliphatic heterocycles. The van der Waals surface area contributed by atoms with Gasteiger partial charge in [0.2, 0.25) is 0 Å². The summed E-state index contributed by atoms with van der Waals surface area (Å²) in [5.41, 5.74) is 0.162. The minimum Gasteiger partial charge on any atom is -0.478 e. The maximum absolute atomic E-state index is 10.9. The van der Waals surface area contributed by atoms with Crippen LogP contribution in [0.2, 0.25) is 0 Å². The van der Waals surface area contributed by atoms with Crippen molar-refractivity contribution in [1.82, 2.24) is 0 Å². The van der Waals surface area contributed by atoms with Crippen molar-refractivity contribution in [2.45, 2.75) is 6.92 Å². The number of aromatic carboxylic acids is 1. The molecule has 0 heterocycles. The molecule has 0 saturated heterocycles. The van der Waals surface area contributed by atoms with Crippen molar-refractivity contribution >= 4 is 57.1 Å². The number of halogens is 2. The van der Waals surface area contributed by atoms with E-state index in [2.05, 4.69) is 0 Å². The zero-order valence-electron chi connectivity index (χ0n) is 7.58. The Kier molecular flexibility index (Phi) is 4.32. The van der Waals surface area contributed by atoms with Crippen molar-refractivity contribution in [3.05, 3.63) is 24.8 Å². The van der Waals surface area contributed by atoms with Gasteiger partial charge in [0.05, 0.1) is 9.13 Å². The van der Waals surface area contributed by atoms with Gasteiger partial charge in [0.25, 0.3) is 0 Å². The first-order valence-electron chi connectivity index (χ1n) is 3.83. The highest BCUT2D eigenvalue weighted by Crippen LogP contribution is 2.28. The summed E-state index contributed by atoms with van der Waals surface area (Å²) >= 11 is 3.78. The second-order valence-corrected chi connectivity index (χ2v) is 4.87. The minimum atomic E-state index is -1.03. The molecule has 0 fully saturated rings. The van der Waals surface area contributed by atoms with E-state index in [0.717, 1.165) is 0 Å². The lowest BCUT2D eigenvalue weighted by Gasteiger charge is -2.08. The van der Waals surface area contributed by atoms with Gasteiger partial charge in [-0.3, -0.25) is 4.79 Å². The van der Waals surface area contributed by atoms with Gasteiger partial charge < -0.3 is 9.84 Å². The van der Waals surface area contributed by atoms with Crippen molar-refractivity contribution < 1.29 is 19.4 Å². The van der Waals surface area contributed by atoms with E-state index in [1.807, 2.05) is 45.2 Å². The van der Waals surface area contributed by atoms with Crippen molar-refractivity contribution in [2.75, 3.05) is 0 Å². The van der Waals surface area contributed by atoms with Crippen LogP contribution in [0, 0.1) is 7.14 Å². The van der Waals surface area contributed by atoms with Crippen LogP contribution in [0.5, 0.6) is 5.75 Å². The summed E-state index contributed by atoms with van der Waals surface area (Å²) in [6, 6.07) is 3.18. The summed E-state index contributed by atoms with van der Waals surface area (Å²) in [4.78, 5) is 21.7. The highest BCUT2D eigenvalue weighted by molar-refractivity contribution is 14.1. The molecular formula is C9H6I2O4. The number of carbonyl (C=O) groups excluding carboxylic acids is 1. The number of carboxylic acids is 1. The third kappa shape index (κ3) is 3.03. The number of benzene rings is 1.